The summed E-state index contributed by atoms with van der Waals surface area (Å²) in [6.07, 6.45) is 1.13. The summed E-state index contributed by atoms with van der Waals surface area (Å²) in [5, 5.41) is 2.64. The highest BCUT2D eigenvalue weighted by atomic mass is 32.2. The lowest BCUT2D eigenvalue weighted by Gasteiger charge is -2.09. The predicted molar refractivity (Wildman–Crippen MR) is 84.9 cm³/mol. The van der Waals surface area contributed by atoms with Crippen LogP contribution in [0.25, 0.3) is 16.9 Å². The molecule has 3 rings (SSSR count). The van der Waals surface area contributed by atoms with Crippen molar-refractivity contribution < 1.29 is 12.8 Å². The van der Waals surface area contributed by atoms with Gasteiger partial charge in [0, 0.05) is 17.9 Å². The fourth-order valence-electron chi connectivity index (χ4n) is 2.27. The minimum Gasteiger partial charge on any atom is -0.268 e. The number of sulfone groups is 1. The van der Waals surface area contributed by atoms with E-state index in [0.717, 1.165) is 6.26 Å². The molecule has 0 amide bonds. The molecule has 0 saturated carbocycles. The van der Waals surface area contributed by atoms with Gasteiger partial charge in [0.25, 0.3) is 5.56 Å². The molecule has 23 heavy (non-hydrogen) atoms. The third-order valence-corrected chi connectivity index (χ3v) is 4.52. The van der Waals surface area contributed by atoms with Crippen molar-refractivity contribution in [3.05, 3.63) is 70.8 Å². The molecule has 1 aromatic heterocycles. The van der Waals surface area contributed by atoms with Crippen molar-refractivity contribution in [3.8, 4) is 16.9 Å². The highest BCUT2D eigenvalue weighted by molar-refractivity contribution is 7.90. The Labute approximate surface area is 131 Å². The third-order valence-electron chi connectivity index (χ3n) is 3.39. The number of rotatable bonds is 3. The first kappa shape index (κ1) is 15.2. The second-order valence-corrected chi connectivity index (χ2v) is 7.13. The van der Waals surface area contributed by atoms with E-state index in [9.17, 15) is 17.6 Å². The summed E-state index contributed by atoms with van der Waals surface area (Å²) in [6, 6.07) is 13.3. The van der Waals surface area contributed by atoms with Gasteiger partial charge in [-0.1, -0.05) is 12.1 Å². The molecule has 0 spiro atoms. The Morgan fingerprint density at radius 1 is 1.00 bits per heavy atom. The minimum absolute atomic E-state index is 0.201. The molecule has 5 nitrogen and oxygen atoms in total. The zero-order chi connectivity index (χ0) is 16.6. The standard InChI is InChI=1S/C16H13FN2O3S/c1-23(21,22)14-8-2-11(3-9-14)15-10-16(20)18-19(15)13-6-4-12(17)5-7-13/h2-10H,1H3,(H,18,20). The molecular weight excluding hydrogens is 319 g/mol. The number of halogens is 1. The average molecular weight is 332 g/mol. The zero-order valence-corrected chi connectivity index (χ0v) is 13.0. The Bertz CT molecular complexity index is 1000. The molecule has 118 valence electrons. The van der Waals surface area contributed by atoms with Gasteiger partial charge in [-0.25, -0.2) is 12.8 Å². The van der Waals surface area contributed by atoms with Crippen LogP contribution in [0.5, 0.6) is 0 Å². The van der Waals surface area contributed by atoms with E-state index in [1.54, 1.807) is 24.3 Å². The van der Waals surface area contributed by atoms with E-state index < -0.39 is 9.84 Å². The van der Waals surface area contributed by atoms with Crippen LogP contribution in [0.2, 0.25) is 0 Å². The van der Waals surface area contributed by atoms with E-state index in [2.05, 4.69) is 5.10 Å². The zero-order valence-electron chi connectivity index (χ0n) is 12.2. The molecule has 0 saturated heterocycles. The third kappa shape index (κ3) is 3.09. The maximum absolute atomic E-state index is 13.0. The largest absolute Gasteiger partial charge is 0.268 e. The molecule has 0 bridgehead atoms. The van der Waals surface area contributed by atoms with Crippen LogP contribution in [0.1, 0.15) is 0 Å². The predicted octanol–water partition coefficient (Wildman–Crippen LogP) is 2.38. The number of hydrogen-bond donors (Lipinski definition) is 1. The van der Waals surface area contributed by atoms with Crippen LogP contribution in [0, 0.1) is 5.82 Å². The van der Waals surface area contributed by atoms with Gasteiger partial charge in [0.05, 0.1) is 16.3 Å². The van der Waals surface area contributed by atoms with Crippen molar-refractivity contribution in [3.63, 3.8) is 0 Å². The molecule has 0 atom stereocenters. The molecule has 0 aliphatic heterocycles. The molecule has 1 heterocycles. The van der Waals surface area contributed by atoms with E-state index in [-0.39, 0.29) is 16.3 Å². The molecule has 0 aliphatic rings. The summed E-state index contributed by atoms with van der Waals surface area (Å²) < 4.78 is 37.6. The molecule has 3 aromatic rings. The van der Waals surface area contributed by atoms with E-state index in [1.165, 1.54) is 35.0 Å². The number of H-pyrrole nitrogens is 1. The van der Waals surface area contributed by atoms with Gasteiger partial charge in [-0.05, 0) is 36.4 Å². The Morgan fingerprint density at radius 3 is 2.17 bits per heavy atom. The molecule has 7 heteroatoms. The molecule has 2 aromatic carbocycles. The van der Waals surface area contributed by atoms with E-state index >= 15 is 0 Å². The fourth-order valence-corrected chi connectivity index (χ4v) is 2.90. The lowest BCUT2D eigenvalue weighted by atomic mass is 10.1. The fraction of sp³-hybridized carbons (Fsp3) is 0.0625. The van der Waals surface area contributed by atoms with Crippen LogP contribution in [0.15, 0.2) is 64.3 Å². The molecule has 1 N–H and O–H groups in total. The number of benzene rings is 2. The Balaban J connectivity index is 2.10. The van der Waals surface area contributed by atoms with Gasteiger partial charge in [0.1, 0.15) is 5.82 Å². The van der Waals surface area contributed by atoms with Crippen LogP contribution in [-0.4, -0.2) is 24.5 Å². The number of nitrogens with one attached hydrogen (secondary N) is 1. The molecular formula is C16H13FN2O3S. The van der Waals surface area contributed by atoms with Crippen LogP contribution < -0.4 is 5.56 Å². The van der Waals surface area contributed by atoms with Crippen LogP contribution >= 0.6 is 0 Å². The van der Waals surface area contributed by atoms with E-state index in [4.69, 9.17) is 0 Å². The summed E-state index contributed by atoms with van der Waals surface area (Å²) in [4.78, 5) is 11.9. The maximum Gasteiger partial charge on any atom is 0.265 e. The Morgan fingerprint density at radius 2 is 1.61 bits per heavy atom. The first-order valence-corrected chi connectivity index (χ1v) is 8.62. The van der Waals surface area contributed by atoms with Gasteiger partial charge in [-0.3, -0.25) is 14.6 Å². The second kappa shape index (κ2) is 5.51. The highest BCUT2D eigenvalue weighted by Gasteiger charge is 2.11. The van der Waals surface area contributed by atoms with Crippen LogP contribution in [0.4, 0.5) is 4.39 Å². The average Bonchev–Trinajstić information content (AvgIpc) is 2.89. The summed E-state index contributed by atoms with van der Waals surface area (Å²) in [5.74, 6) is -0.373. The van der Waals surface area contributed by atoms with Gasteiger partial charge >= 0.3 is 0 Å². The normalized spacial score (nSPS) is 11.6. The summed E-state index contributed by atoms with van der Waals surface area (Å²) >= 11 is 0. The lowest BCUT2D eigenvalue weighted by molar-refractivity contribution is 0.602. The maximum atomic E-state index is 13.0. The summed E-state index contributed by atoms with van der Waals surface area (Å²) in [5.41, 5.74) is 1.51. The van der Waals surface area contributed by atoms with Crippen molar-refractivity contribution in [2.45, 2.75) is 4.90 Å². The minimum atomic E-state index is -3.28. The van der Waals surface area contributed by atoms with Crippen LogP contribution in [-0.2, 0) is 9.84 Å². The molecule has 0 radical (unpaired) electrons. The quantitative estimate of drug-likeness (QED) is 0.800. The number of hydrogen-bond acceptors (Lipinski definition) is 3. The van der Waals surface area contributed by atoms with Crippen molar-refractivity contribution in [1.82, 2.24) is 9.78 Å². The van der Waals surface area contributed by atoms with Crippen molar-refractivity contribution in [1.29, 1.82) is 0 Å². The van der Waals surface area contributed by atoms with Gasteiger partial charge in [0.2, 0.25) is 0 Å². The molecule has 0 aliphatic carbocycles. The van der Waals surface area contributed by atoms with Crippen molar-refractivity contribution >= 4 is 9.84 Å². The molecule has 0 fully saturated rings. The van der Waals surface area contributed by atoms with Gasteiger partial charge in [-0.2, -0.15) is 0 Å². The van der Waals surface area contributed by atoms with Crippen molar-refractivity contribution in [2.24, 2.45) is 0 Å². The van der Waals surface area contributed by atoms with Gasteiger partial charge < -0.3 is 0 Å². The number of aromatic amines is 1. The van der Waals surface area contributed by atoms with E-state index in [0.29, 0.717) is 16.9 Å². The van der Waals surface area contributed by atoms with Gasteiger partial charge in [-0.15, -0.1) is 0 Å². The smallest absolute Gasteiger partial charge is 0.265 e. The first-order chi connectivity index (χ1) is 10.8. The number of nitrogens with zero attached hydrogens (tertiary/aromatic N) is 1. The van der Waals surface area contributed by atoms with Crippen molar-refractivity contribution in [2.75, 3.05) is 6.26 Å². The summed E-state index contributed by atoms with van der Waals surface area (Å²) in [7, 11) is -3.28. The van der Waals surface area contributed by atoms with Crippen LogP contribution in [0.3, 0.4) is 0 Å². The topological polar surface area (TPSA) is 71.9 Å². The molecule has 0 unspecified atom stereocenters. The lowest BCUT2D eigenvalue weighted by Crippen LogP contribution is -2.04. The highest BCUT2D eigenvalue weighted by Crippen LogP contribution is 2.22. The van der Waals surface area contributed by atoms with Gasteiger partial charge in [0.15, 0.2) is 9.84 Å². The Kier molecular flexibility index (Phi) is 3.65. The van der Waals surface area contributed by atoms with E-state index in [1.807, 2.05) is 0 Å². The summed E-state index contributed by atoms with van der Waals surface area (Å²) in [6.45, 7) is 0. The SMILES string of the molecule is CS(=O)(=O)c1ccc(-c2cc(=O)[nH]n2-c2ccc(F)cc2)cc1. The Hall–Kier alpha value is -2.67. The number of aromatic nitrogens is 2. The first-order valence-electron chi connectivity index (χ1n) is 6.73. The monoisotopic (exact) mass is 332 g/mol. The second-order valence-electron chi connectivity index (χ2n) is 5.11.